The van der Waals surface area contributed by atoms with E-state index in [1.165, 1.54) is 12.1 Å². The van der Waals surface area contributed by atoms with E-state index in [9.17, 15) is 27.6 Å². The number of carbonyl (C=O) groups is 3. The van der Waals surface area contributed by atoms with Crippen molar-refractivity contribution >= 4 is 17.8 Å². The highest BCUT2D eigenvalue weighted by molar-refractivity contribution is 5.96. The Morgan fingerprint density at radius 2 is 1.74 bits per heavy atom. The van der Waals surface area contributed by atoms with Crippen molar-refractivity contribution in [1.82, 2.24) is 10.6 Å². The molecule has 1 aromatic carbocycles. The molecule has 0 atom stereocenters. The minimum Gasteiger partial charge on any atom is -0.478 e. The molecule has 0 radical (unpaired) electrons. The molecule has 2 amide bonds. The van der Waals surface area contributed by atoms with Crippen molar-refractivity contribution in [2.24, 2.45) is 0 Å². The average Bonchev–Trinajstić information content (AvgIpc) is 2.44. The summed E-state index contributed by atoms with van der Waals surface area (Å²) in [4.78, 5) is 33.3. The Bertz CT molecular complexity index is 588. The smallest absolute Gasteiger partial charge is 0.405 e. The molecule has 0 unspecified atom stereocenters. The van der Waals surface area contributed by atoms with Crippen LogP contribution in [0.2, 0.25) is 0 Å². The molecule has 0 saturated heterocycles. The summed E-state index contributed by atoms with van der Waals surface area (Å²) in [7, 11) is 0. The fourth-order valence-corrected chi connectivity index (χ4v) is 1.68. The topological polar surface area (TPSA) is 95.5 Å². The van der Waals surface area contributed by atoms with Gasteiger partial charge in [-0.2, -0.15) is 13.2 Å². The van der Waals surface area contributed by atoms with Gasteiger partial charge in [-0.25, -0.2) is 4.79 Å². The van der Waals surface area contributed by atoms with Gasteiger partial charge in [0.15, 0.2) is 0 Å². The fourth-order valence-electron chi connectivity index (χ4n) is 1.68. The van der Waals surface area contributed by atoms with Crippen molar-refractivity contribution in [3.8, 4) is 0 Å². The minimum absolute atomic E-state index is 0.111. The van der Waals surface area contributed by atoms with Crippen LogP contribution in [0.3, 0.4) is 0 Å². The number of amides is 2. The Hall–Kier alpha value is -2.58. The Balaban J connectivity index is 2.32. The number of benzene rings is 1. The number of carbonyl (C=O) groups excluding carboxylic acids is 2. The lowest BCUT2D eigenvalue weighted by Gasteiger charge is -2.09. The molecule has 0 heterocycles. The fraction of sp³-hybridized carbons (Fsp3) is 0.357. The predicted octanol–water partition coefficient (Wildman–Crippen LogP) is 1.11. The number of halogens is 3. The zero-order chi connectivity index (χ0) is 17.5. The van der Waals surface area contributed by atoms with Gasteiger partial charge in [-0.05, 0) is 24.1 Å². The first kappa shape index (κ1) is 18.5. The number of carboxylic acids is 1. The van der Waals surface area contributed by atoms with Crippen LogP contribution in [0, 0.1) is 0 Å². The number of hydrogen-bond acceptors (Lipinski definition) is 3. The summed E-state index contributed by atoms with van der Waals surface area (Å²) < 4.78 is 35.6. The SMILES string of the molecule is O=C(CC(=O)NCC(F)(F)F)NCCc1cccc(C(=O)O)c1. The van der Waals surface area contributed by atoms with Gasteiger partial charge in [0.1, 0.15) is 13.0 Å². The van der Waals surface area contributed by atoms with Crippen molar-refractivity contribution in [2.45, 2.75) is 19.0 Å². The molecule has 0 bridgehead atoms. The van der Waals surface area contributed by atoms with Crippen LogP contribution in [0.4, 0.5) is 13.2 Å². The van der Waals surface area contributed by atoms with Crippen molar-refractivity contribution in [3.63, 3.8) is 0 Å². The lowest BCUT2D eigenvalue weighted by Crippen LogP contribution is -2.37. The number of aromatic carboxylic acids is 1. The maximum atomic E-state index is 11.9. The third-order valence-corrected chi connectivity index (χ3v) is 2.72. The van der Waals surface area contributed by atoms with Crippen LogP contribution in [-0.2, 0) is 16.0 Å². The summed E-state index contributed by atoms with van der Waals surface area (Å²) in [6.45, 7) is -1.35. The highest BCUT2D eigenvalue weighted by atomic mass is 19.4. The largest absolute Gasteiger partial charge is 0.478 e. The van der Waals surface area contributed by atoms with Gasteiger partial charge in [-0.1, -0.05) is 12.1 Å². The number of nitrogens with one attached hydrogen (secondary N) is 2. The molecule has 1 aromatic rings. The van der Waals surface area contributed by atoms with E-state index >= 15 is 0 Å². The molecular formula is C14H15F3N2O4. The first-order valence-corrected chi connectivity index (χ1v) is 6.60. The van der Waals surface area contributed by atoms with E-state index in [0.717, 1.165) is 0 Å². The normalized spacial score (nSPS) is 10.9. The second kappa shape index (κ2) is 8.16. The third-order valence-electron chi connectivity index (χ3n) is 2.72. The lowest BCUT2D eigenvalue weighted by atomic mass is 10.1. The second-order valence-corrected chi connectivity index (χ2v) is 4.67. The second-order valence-electron chi connectivity index (χ2n) is 4.67. The van der Waals surface area contributed by atoms with Gasteiger partial charge in [-0.3, -0.25) is 9.59 Å². The molecule has 0 aromatic heterocycles. The van der Waals surface area contributed by atoms with E-state index in [0.29, 0.717) is 12.0 Å². The third kappa shape index (κ3) is 7.84. The molecule has 6 nitrogen and oxygen atoms in total. The first-order valence-electron chi connectivity index (χ1n) is 6.60. The van der Waals surface area contributed by atoms with Gasteiger partial charge >= 0.3 is 12.1 Å². The van der Waals surface area contributed by atoms with Crippen LogP contribution < -0.4 is 10.6 Å². The van der Waals surface area contributed by atoms with Gasteiger partial charge < -0.3 is 15.7 Å². The van der Waals surface area contributed by atoms with E-state index in [2.05, 4.69) is 5.32 Å². The summed E-state index contributed by atoms with van der Waals surface area (Å²) in [6.07, 6.45) is -4.90. The van der Waals surface area contributed by atoms with E-state index in [1.807, 2.05) is 0 Å². The Labute approximate surface area is 129 Å². The maximum Gasteiger partial charge on any atom is 0.405 e. The number of hydrogen-bond donors (Lipinski definition) is 3. The van der Waals surface area contributed by atoms with E-state index < -0.39 is 36.9 Å². The summed E-state index contributed by atoms with van der Waals surface area (Å²) in [6, 6.07) is 6.11. The molecule has 0 aliphatic rings. The van der Waals surface area contributed by atoms with Crippen molar-refractivity contribution < 1.29 is 32.7 Å². The molecule has 3 N–H and O–H groups in total. The van der Waals surface area contributed by atoms with Crippen LogP contribution in [0.15, 0.2) is 24.3 Å². The number of alkyl halides is 3. The molecule has 126 valence electrons. The molecule has 0 spiro atoms. The monoisotopic (exact) mass is 332 g/mol. The van der Waals surface area contributed by atoms with Gasteiger partial charge in [0, 0.05) is 6.54 Å². The molecule has 9 heteroatoms. The lowest BCUT2D eigenvalue weighted by molar-refractivity contribution is -0.140. The summed E-state index contributed by atoms with van der Waals surface area (Å²) in [5, 5.41) is 12.8. The number of carboxylic acid groups (broad SMARTS) is 1. The summed E-state index contributed by atoms with van der Waals surface area (Å²) in [5.41, 5.74) is 0.784. The molecule has 0 aliphatic heterocycles. The Morgan fingerprint density at radius 1 is 1.09 bits per heavy atom. The predicted molar refractivity (Wildman–Crippen MR) is 73.8 cm³/mol. The van der Waals surface area contributed by atoms with Gasteiger partial charge in [0.25, 0.3) is 0 Å². The van der Waals surface area contributed by atoms with Crippen LogP contribution in [-0.4, -0.2) is 42.2 Å². The zero-order valence-electron chi connectivity index (χ0n) is 11.9. The van der Waals surface area contributed by atoms with Crippen molar-refractivity contribution in [2.75, 3.05) is 13.1 Å². The van der Waals surface area contributed by atoms with Gasteiger partial charge in [0.2, 0.25) is 11.8 Å². The van der Waals surface area contributed by atoms with Crippen LogP contribution in [0.5, 0.6) is 0 Å². The molecule has 0 fully saturated rings. The van der Waals surface area contributed by atoms with E-state index in [4.69, 9.17) is 5.11 Å². The summed E-state index contributed by atoms with van der Waals surface area (Å²) in [5.74, 6) is -2.80. The number of rotatable bonds is 7. The van der Waals surface area contributed by atoms with E-state index in [-0.39, 0.29) is 12.1 Å². The quantitative estimate of drug-likeness (QED) is 0.652. The van der Waals surface area contributed by atoms with Crippen LogP contribution in [0.1, 0.15) is 22.3 Å². The molecular weight excluding hydrogens is 317 g/mol. The molecule has 23 heavy (non-hydrogen) atoms. The maximum absolute atomic E-state index is 11.9. The van der Waals surface area contributed by atoms with E-state index in [1.54, 1.807) is 17.4 Å². The van der Waals surface area contributed by atoms with Crippen LogP contribution >= 0.6 is 0 Å². The Kier molecular flexibility index (Phi) is 6.55. The standard InChI is InChI=1S/C14H15F3N2O4/c15-14(16,17)8-19-12(21)7-11(20)18-5-4-9-2-1-3-10(6-9)13(22)23/h1-3,6H,4-5,7-8H2,(H,18,20)(H,19,21)(H,22,23). The molecule has 1 rings (SSSR count). The van der Waals surface area contributed by atoms with Crippen molar-refractivity contribution in [3.05, 3.63) is 35.4 Å². The highest BCUT2D eigenvalue weighted by Gasteiger charge is 2.27. The Morgan fingerprint density at radius 3 is 2.35 bits per heavy atom. The average molecular weight is 332 g/mol. The minimum atomic E-state index is -4.53. The first-order chi connectivity index (χ1) is 10.7. The van der Waals surface area contributed by atoms with Gasteiger partial charge in [-0.15, -0.1) is 0 Å². The van der Waals surface area contributed by atoms with Gasteiger partial charge in [0.05, 0.1) is 5.56 Å². The highest BCUT2D eigenvalue weighted by Crippen LogP contribution is 2.12. The zero-order valence-corrected chi connectivity index (χ0v) is 11.9. The summed E-state index contributed by atoms with van der Waals surface area (Å²) >= 11 is 0. The van der Waals surface area contributed by atoms with Crippen LogP contribution in [0.25, 0.3) is 0 Å². The molecule has 0 saturated carbocycles. The molecule has 0 aliphatic carbocycles. The van der Waals surface area contributed by atoms with Crippen molar-refractivity contribution in [1.29, 1.82) is 0 Å².